The Balaban J connectivity index is 4.89. The van der Waals surface area contributed by atoms with Crippen molar-refractivity contribution in [3.63, 3.8) is 0 Å². The molecule has 0 rings (SSSR count). The predicted molar refractivity (Wildman–Crippen MR) is 93.4 cm³/mol. The number of nitrogens with one attached hydrogen (secondary N) is 3. The number of nitrogens with two attached hydrogens (primary N) is 2. The maximum absolute atomic E-state index is 12.2. The molecule has 0 saturated heterocycles. The first-order valence-electron chi connectivity index (χ1n) is 8.24. The SMILES string of the molecule is CC(NC(=O)C(CC(N)=O)NC(=O)C(C)NC(=O)C(N)CCC(=O)O)C(=O)O. The van der Waals surface area contributed by atoms with E-state index in [1.165, 1.54) is 13.8 Å². The molecular formula is C15H25N5O8. The van der Waals surface area contributed by atoms with Gasteiger partial charge >= 0.3 is 11.9 Å². The molecule has 0 bridgehead atoms. The van der Waals surface area contributed by atoms with Crippen LogP contribution in [0.15, 0.2) is 0 Å². The third-order valence-corrected chi connectivity index (χ3v) is 3.53. The van der Waals surface area contributed by atoms with E-state index >= 15 is 0 Å². The molecule has 0 aliphatic carbocycles. The number of hydrogen-bond donors (Lipinski definition) is 7. The van der Waals surface area contributed by atoms with Gasteiger partial charge in [-0.3, -0.25) is 28.8 Å². The smallest absolute Gasteiger partial charge is 0.325 e. The highest BCUT2D eigenvalue weighted by Crippen LogP contribution is 1.98. The summed E-state index contributed by atoms with van der Waals surface area (Å²) in [4.78, 5) is 68.5. The zero-order valence-electron chi connectivity index (χ0n) is 15.4. The maximum atomic E-state index is 12.2. The highest BCUT2D eigenvalue weighted by Gasteiger charge is 2.28. The van der Waals surface area contributed by atoms with Crippen LogP contribution in [0.4, 0.5) is 0 Å². The number of carboxylic acids is 2. The third-order valence-electron chi connectivity index (χ3n) is 3.53. The molecule has 13 nitrogen and oxygen atoms in total. The lowest BCUT2D eigenvalue weighted by Gasteiger charge is -2.22. The second-order valence-electron chi connectivity index (χ2n) is 6.07. The molecule has 0 aliphatic rings. The summed E-state index contributed by atoms with van der Waals surface area (Å²) < 4.78 is 0. The van der Waals surface area contributed by atoms with Crippen LogP contribution in [-0.2, 0) is 28.8 Å². The van der Waals surface area contributed by atoms with Gasteiger partial charge in [-0.1, -0.05) is 0 Å². The lowest BCUT2D eigenvalue weighted by atomic mass is 10.1. The molecule has 9 N–H and O–H groups in total. The summed E-state index contributed by atoms with van der Waals surface area (Å²) in [5.41, 5.74) is 10.6. The topological polar surface area (TPSA) is 231 Å². The minimum absolute atomic E-state index is 0.144. The molecule has 0 aromatic heterocycles. The normalized spacial score (nSPS) is 14.7. The summed E-state index contributed by atoms with van der Waals surface area (Å²) in [6.45, 7) is 2.46. The number of amides is 4. The lowest BCUT2D eigenvalue weighted by Crippen LogP contribution is -2.56. The summed E-state index contributed by atoms with van der Waals surface area (Å²) in [5.74, 6) is -5.96. The molecule has 158 valence electrons. The van der Waals surface area contributed by atoms with Crippen LogP contribution in [0.1, 0.15) is 33.1 Å². The second kappa shape index (κ2) is 11.5. The van der Waals surface area contributed by atoms with Gasteiger partial charge in [0.1, 0.15) is 18.1 Å². The molecule has 0 heterocycles. The van der Waals surface area contributed by atoms with E-state index in [0.29, 0.717) is 0 Å². The molecule has 28 heavy (non-hydrogen) atoms. The van der Waals surface area contributed by atoms with Crippen LogP contribution in [0, 0.1) is 0 Å². The highest BCUT2D eigenvalue weighted by molar-refractivity contribution is 5.95. The van der Waals surface area contributed by atoms with Crippen molar-refractivity contribution in [3.05, 3.63) is 0 Å². The lowest BCUT2D eigenvalue weighted by molar-refractivity contribution is -0.142. The van der Waals surface area contributed by atoms with Crippen LogP contribution in [0.25, 0.3) is 0 Å². The van der Waals surface area contributed by atoms with Gasteiger partial charge in [0.2, 0.25) is 23.6 Å². The van der Waals surface area contributed by atoms with Crippen molar-refractivity contribution in [2.75, 3.05) is 0 Å². The predicted octanol–water partition coefficient (Wildman–Crippen LogP) is -3.37. The van der Waals surface area contributed by atoms with E-state index in [1.54, 1.807) is 0 Å². The fraction of sp³-hybridized carbons (Fsp3) is 0.600. The Hall–Kier alpha value is -3.22. The molecule has 13 heteroatoms. The Morgan fingerprint density at radius 3 is 1.86 bits per heavy atom. The monoisotopic (exact) mass is 403 g/mol. The largest absolute Gasteiger partial charge is 0.481 e. The van der Waals surface area contributed by atoms with E-state index in [9.17, 15) is 28.8 Å². The van der Waals surface area contributed by atoms with Crippen LogP contribution >= 0.6 is 0 Å². The van der Waals surface area contributed by atoms with Gasteiger partial charge in [-0.15, -0.1) is 0 Å². The quantitative estimate of drug-likeness (QED) is 0.172. The molecule has 0 saturated carbocycles. The van der Waals surface area contributed by atoms with Crippen molar-refractivity contribution in [3.8, 4) is 0 Å². The Morgan fingerprint density at radius 1 is 0.857 bits per heavy atom. The van der Waals surface area contributed by atoms with Crippen LogP contribution in [-0.4, -0.2) is 69.9 Å². The van der Waals surface area contributed by atoms with Gasteiger partial charge in [0, 0.05) is 6.42 Å². The fourth-order valence-corrected chi connectivity index (χ4v) is 1.88. The first-order chi connectivity index (χ1) is 12.8. The Kier molecular flexibility index (Phi) is 10.2. The zero-order valence-corrected chi connectivity index (χ0v) is 15.4. The molecule has 0 aromatic carbocycles. The summed E-state index contributed by atoms with van der Waals surface area (Å²) in [5, 5.41) is 23.9. The van der Waals surface area contributed by atoms with Gasteiger partial charge < -0.3 is 37.6 Å². The summed E-state index contributed by atoms with van der Waals surface area (Å²) >= 11 is 0. The Morgan fingerprint density at radius 2 is 1.39 bits per heavy atom. The molecule has 0 aliphatic heterocycles. The van der Waals surface area contributed by atoms with Crippen molar-refractivity contribution in [1.29, 1.82) is 0 Å². The van der Waals surface area contributed by atoms with E-state index in [0.717, 1.165) is 0 Å². The molecule has 0 fully saturated rings. The average Bonchev–Trinajstić information content (AvgIpc) is 2.57. The van der Waals surface area contributed by atoms with Gasteiger partial charge in [-0.05, 0) is 20.3 Å². The number of primary amides is 1. The molecule has 4 atom stereocenters. The summed E-state index contributed by atoms with van der Waals surface area (Å²) in [7, 11) is 0. The first kappa shape index (κ1) is 24.8. The third kappa shape index (κ3) is 9.47. The Labute approximate surface area is 160 Å². The minimum Gasteiger partial charge on any atom is -0.481 e. The van der Waals surface area contributed by atoms with Crippen LogP contribution in [0.2, 0.25) is 0 Å². The molecular weight excluding hydrogens is 378 g/mol. The number of rotatable bonds is 12. The molecule has 4 amide bonds. The standard InChI is InChI=1S/C15H25N5O8/c1-6(18-13(25)8(16)3-4-11(22)23)12(24)20-9(5-10(17)21)14(26)19-7(2)15(27)28/h6-9H,3-5,16H2,1-2H3,(H2,17,21)(H,18,25)(H,19,26)(H,20,24)(H,22,23)(H,27,28). The summed E-state index contributed by atoms with van der Waals surface area (Å²) in [6.07, 6.45) is -1.07. The Bertz CT molecular complexity index is 638. The van der Waals surface area contributed by atoms with Gasteiger partial charge in [0.25, 0.3) is 0 Å². The van der Waals surface area contributed by atoms with Crippen LogP contribution in [0.5, 0.6) is 0 Å². The van der Waals surface area contributed by atoms with E-state index in [-0.39, 0.29) is 12.8 Å². The summed E-state index contributed by atoms with van der Waals surface area (Å²) in [6, 6.07) is -5.06. The molecule has 0 radical (unpaired) electrons. The van der Waals surface area contributed by atoms with Crippen molar-refractivity contribution < 1.29 is 39.0 Å². The van der Waals surface area contributed by atoms with Crippen LogP contribution < -0.4 is 27.4 Å². The van der Waals surface area contributed by atoms with Gasteiger partial charge in [-0.25, -0.2) is 0 Å². The maximum Gasteiger partial charge on any atom is 0.325 e. The molecule has 0 spiro atoms. The number of hydrogen-bond acceptors (Lipinski definition) is 7. The average molecular weight is 403 g/mol. The number of carboxylic acid groups (broad SMARTS) is 2. The van der Waals surface area contributed by atoms with Gasteiger partial charge in [0.15, 0.2) is 0 Å². The first-order valence-corrected chi connectivity index (χ1v) is 8.24. The van der Waals surface area contributed by atoms with E-state index in [1.807, 2.05) is 0 Å². The zero-order chi connectivity index (χ0) is 22.0. The van der Waals surface area contributed by atoms with E-state index < -0.39 is 66.2 Å². The van der Waals surface area contributed by atoms with Crippen molar-refractivity contribution >= 4 is 35.6 Å². The fourth-order valence-electron chi connectivity index (χ4n) is 1.88. The van der Waals surface area contributed by atoms with Gasteiger partial charge in [0.05, 0.1) is 12.5 Å². The van der Waals surface area contributed by atoms with E-state index in [4.69, 9.17) is 21.7 Å². The number of aliphatic carboxylic acids is 2. The van der Waals surface area contributed by atoms with Crippen LogP contribution in [0.3, 0.4) is 0 Å². The van der Waals surface area contributed by atoms with Crippen molar-refractivity contribution in [1.82, 2.24) is 16.0 Å². The minimum atomic E-state index is -1.45. The van der Waals surface area contributed by atoms with Gasteiger partial charge in [-0.2, -0.15) is 0 Å². The number of carbonyl (C=O) groups is 6. The molecule has 4 unspecified atom stereocenters. The van der Waals surface area contributed by atoms with Crippen molar-refractivity contribution in [2.24, 2.45) is 11.5 Å². The number of carbonyl (C=O) groups excluding carboxylic acids is 4. The second-order valence-corrected chi connectivity index (χ2v) is 6.07. The van der Waals surface area contributed by atoms with E-state index in [2.05, 4.69) is 16.0 Å². The molecule has 0 aromatic rings. The van der Waals surface area contributed by atoms with Crippen molar-refractivity contribution in [2.45, 2.75) is 57.3 Å². The highest BCUT2D eigenvalue weighted by atomic mass is 16.4.